The van der Waals surface area contributed by atoms with Gasteiger partial charge in [0.05, 0.1) is 0 Å². The van der Waals surface area contributed by atoms with Gasteiger partial charge in [0.15, 0.2) is 0 Å². The first-order valence-electron chi connectivity index (χ1n) is 5.94. The summed E-state index contributed by atoms with van der Waals surface area (Å²) in [6.45, 7) is 1.60. The van der Waals surface area contributed by atoms with Crippen LogP contribution in [0.25, 0.3) is 0 Å². The molecule has 2 rings (SSSR count). The maximum atomic E-state index is 10.1. The van der Waals surface area contributed by atoms with Crippen LogP contribution >= 0.6 is 0 Å². The zero-order valence-electron chi connectivity index (χ0n) is 9.93. The van der Waals surface area contributed by atoms with E-state index in [0.717, 1.165) is 32.4 Å². The summed E-state index contributed by atoms with van der Waals surface area (Å²) in [6, 6.07) is 9.99. The predicted octanol–water partition coefficient (Wildman–Crippen LogP) is 1.01. The average molecular weight is 236 g/mol. The van der Waals surface area contributed by atoms with E-state index in [1.165, 1.54) is 5.56 Å². The molecule has 4 heteroatoms. The van der Waals surface area contributed by atoms with Crippen LogP contribution in [-0.2, 0) is 11.2 Å². The van der Waals surface area contributed by atoms with Gasteiger partial charge in [-0.15, -0.1) is 0 Å². The van der Waals surface area contributed by atoms with Gasteiger partial charge in [-0.25, -0.2) is 0 Å². The number of nitrogens with two attached hydrogens (primary N) is 1. The first-order valence-corrected chi connectivity index (χ1v) is 5.94. The van der Waals surface area contributed by atoms with Gasteiger partial charge in [0.2, 0.25) is 0 Å². The van der Waals surface area contributed by atoms with Crippen molar-refractivity contribution in [2.45, 2.75) is 25.3 Å². The van der Waals surface area contributed by atoms with Crippen molar-refractivity contribution >= 4 is 5.97 Å². The van der Waals surface area contributed by atoms with E-state index in [9.17, 15) is 4.79 Å². The van der Waals surface area contributed by atoms with Crippen LogP contribution in [0.5, 0.6) is 0 Å². The van der Waals surface area contributed by atoms with Gasteiger partial charge in [0, 0.05) is 0 Å². The fraction of sp³-hybridized carbons (Fsp3) is 0.462. The molecule has 1 heterocycles. The van der Waals surface area contributed by atoms with Gasteiger partial charge in [-0.05, 0) is 37.9 Å². The Balaban J connectivity index is 0.000000171. The molecular formula is C13H20N2O2. The first-order chi connectivity index (χ1) is 8.24. The smallest absolute Gasteiger partial charge is 0.320 e. The number of rotatable bonds is 3. The van der Waals surface area contributed by atoms with E-state index in [4.69, 9.17) is 10.8 Å². The van der Waals surface area contributed by atoms with Crippen molar-refractivity contribution in [3.05, 3.63) is 35.9 Å². The number of aliphatic carboxylic acids is 1. The van der Waals surface area contributed by atoms with Gasteiger partial charge < -0.3 is 16.2 Å². The van der Waals surface area contributed by atoms with Crippen molar-refractivity contribution in [2.24, 2.45) is 5.73 Å². The summed E-state index contributed by atoms with van der Waals surface area (Å²) in [7, 11) is 0. The minimum atomic E-state index is -0.720. The lowest BCUT2D eigenvalue weighted by atomic mass is 10.2. The number of hydrogen-bond acceptors (Lipinski definition) is 3. The zero-order valence-corrected chi connectivity index (χ0v) is 9.93. The van der Waals surface area contributed by atoms with E-state index >= 15 is 0 Å². The lowest BCUT2D eigenvalue weighted by Gasteiger charge is -1.99. The minimum absolute atomic E-state index is 0.269. The summed E-state index contributed by atoms with van der Waals surface area (Å²) >= 11 is 0. The zero-order chi connectivity index (χ0) is 12.5. The van der Waals surface area contributed by atoms with Crippen molar-refractivity contribution in [3.8, 4) is 0 Å². The van der Waals surface area contributed by atoms with E-state index in [1.807, 2.05) is 18.2 Å². The lowest BCUT2D eigenvalue weighted by Crippen LogP contribution is -2.29. The normalized spacial score (nSPS) is 18.3. The highest BCUT2D eigenvalue weighted by molar-refractivity contribution is 5.73. The van der Waals surface area contributed by atoms with Crippen LogP contribution < -0.4 is 11.1 Å². The van der Waals surface area contributed by atoms with Crippen LogP contribution in [0.2, 0.25) is 0 Å². The van der Waals surface area contributed by atoms with Gasteiger partial charge in [-0.2, -0.15) is 0 Å². The van der Waals surface area contributed by atoms with Gasteiger partial charge in [0.25, 0.3) is 0 Å². The second-order valence-electron chi connectivity index (χ2n) is 4.01. The Morgan fingerprint density at radius 1 is 1.41 bits per heavy atom. The highest BCUT2D eigenvalue weighted by Gasteiger charge is 2.20. The minimum Gasteiger partial charge on any atom is -0.480 e. The molecule has 1 fully saturated rings. The summed E-state index contributed by atoms with van der Waals surface area (Å²) in [5, 5.41) is 11.2. The standard InChI is InChI=1S/C8H11N.C5H9NO2/c9-7-6-8-4-2-1-3-5-8;7-5(8)4-2-1-3-6-4/h1-5H,6-7,9H2;4,6H,1-3H2,(H,7,8)/t;4-/m.0/s1. The summed E-state index contributed by atoms with van der Waals surface area (Å²) in [4.78, 5) is 10.1. The van der Waals surface area contributed by atoms with Crippen LogP contribution in [0.4, 0.5) is 0 Å². The van der Waals surface area contributed by atoms with Crippen LogP contribution in [0.1, 0.15) is 18.4 Å². The third-order valence-electron chi connectivity index (χ3n) is 2.63. The van der Waals surface area contributed by atoms with Gasteiger partial charge in [-0.3, -0.25) is 4.79 Å². The van der Waals surface area contributed by atoms with Gasteiger partial charge >= 0.3 is 5.97 Å². The fourth-order valence-electron chi connectivity index (χ4n) is 1.71. The average Bonchev–Trinajstić information content (AvgIpc) is 2.85. The van der Waals surface area contributed by atoms with Crippen LogP contribution in [0, 0.1) is 0 Å². The lowest BCUT2D eigenvalue weighted by molar-refractivity contribution is -0.139. The summed E-state index contributed by atoms with van der Waals surface area (Å²) in [5.41, 5.74) is 6.68. The van der Waals surface area contributed by atoms with Gasteiger partial charge in [0.1, 0.15) is 6.04 Å². The molecule has 94 valence electrons. The molecule has 4 nitrogen and oxygen atoms in total. The van der Waals surface area contributed by atoms with Gasteiger partial charge in [-0.1, -0.05) is 30.3 Å². The van der Waals surface area contributed by atoms with Crippen molar-refractivity contribution in [1.29, 1.82) is 0 Å². The van der Waals surface area contributed by atoms with E-state index in [-0.39, 0.29) is 6.04 Å². The second kappa shape index (κ2) is 7.81. The number of carboxylic acid groups (broad SMARTS) is 1. The third kappa shape index (κ3) is 5.47. The molecule has 0 saturated carbocycles. The molecule has 1 aromatic carbocycles. The molecule has 4 N–H and O–H groups in total. The van der Waals surface area contributed by atoms with Crippen LogP contribution in [-0.4, -0.2) is 30.2 Å². The molecule has 0 bridgehead atoms. The number of benzene rings is 1. The number of hydrogen-bond donors (Lipinski definition) is 3. The second-order valence-corrected chi connectivity index (χ2v) is 4.01. The first kappa shape index (κ1) is 13.7. The molecule has 0 unspecified atom stereocenters. The Hall–Kier alpha value is -1.39. The Kier molecular flexibility index (Phi) is 6.29. The Labute approximate surface area is 102 Å². The number of nitrogens with one attached hydrogen (secondary N) is 1. The molecule has 0 spiro atoms. The molecule has 17 heavy (non-hydrogen) atoms. The summed E-state index contributed by atoms with van der Waals surface area (Å²) in [5.74, 6) is -0.720. The van der Waals surface area contributed by atoms with E-state index in [0.29, 0.717) is 0 Å². The molecule has 0 amide bonds. The molecule has 1 aliphatic rings. The monoisotopic (exact) mass is 236 g/mol. The Morgan fingerprint density at radius 3 is 2.53 bits per heavy atom. The van der Waals surface area contributed by atoms with Crippen molar-refractivity contribution < 1.29 is 9.90 Å². The topological polar surface area (TPSA) is 75.4 Å². The molecule has 0 aromatic heterocycles. The molecule has 1 aromatic rings. The van der Waals surface area contributed by atoms with E-state index in [2.05, 4.69) is 17.4 Å². The van der Waals surface area contributed by atoms with E-state index in [1.54, 1.807) is 0 Å². The maximum Gasteiger partial charge on any atom is 0.320 e. The van der Waals surface area contributed by atoms with Crippen LogP contribution in [0.15, 0.2) is 30.3 Å². The third-order valence-corrected chi connectivity index (χ3v) is 2.63. The van der Waals surface area contributed by atoms with Crippen LogP contribution in [0.3, 0.4) is 0 Å². The highest BCUT2D eigenvalue weighted by Crippen LogP contribution is 2.03. The quantitative estimate of drug-likeness (QED) is 0.732. The highest BCUT2D eigenvalue weighted by atomic mass is 16.4. The van der Waals surface area contributed by atoms with E-state index < -0.39 is 5.97 Å². The molecule has 1 aliphatic heterocycles. The SMILES string of the molecule is NCCc1ccccc1.O=C(O)[C@@H]1CCCN1. The molecule has 0 aliphatic carbocycles. The largest absolute Gasteiger partial charge is 0.480 e. The summed E-state index contributed by atoms with van der Waals surface area (Å²) < 4.78 is 0. The fourth-order valence-corrected chi connectivity index (χ4v) is 1.71. The molecule has 1 atom stereocenters. The predicted molar refractivity (Wildman–Crippen MR) is 67.9 cm³/mol. The Morgan fingerprint density at radius 2 is 2.12 bits per heavy atom. The van der Waals surface area contributed by atoms with Crippen molar-refractivity contribution in [1.82, 2.24) is 5.32 Å². The molecule has 1 saturated heterocycles. The Bertz CT molecular complexity index is 321. The maximum absolute atomic E-state index is 10.1. The van der Waals surface area contributed by atoms with Crippen molar-refractivity contribution in [3.63, 3.8) is 0 Å². The number of carboxylic acids is 1. The number of carbonyl (C=O) groups is 1. The molecule has 0 radical (unpaired) electrons. The summed E-state index contributed by atoms with van der Waals surface area (Å²) in [6.07, 6.45) is 2.77. The van der Waals surface area contributed by atoms with Crippen molar-refractivity contribution in [2.75, 3.05) is 13.1 Å². The molecular weight excluding hydrogens is 216 g/mol.